The Morgan fingerprint density at radius 2 is 2.12 bits per heavy atom. The largest absolute Gasteiger partial charge is 0.508 e. The summed E-state index contributed by atoms with van der Waals surface area (Å²) in [6.07, 6.45) is 0. The summed E-state index contributed by atoms with van der Waals surface area (Å²) in [4.78, 5) is 0. The Morgan fingerprint density at radius 1 is 1.50 bits per heavy atom. The molecule has 0 bridgehead atoms. The van der Waals surface area contributed by atoms with Crippen molar-refractivity contribution < 1.29 is 23.7 Å². The van der Waals surface area contributed by atoms with Gasteiger partial charge in [0.1, 0.15) is 24.1 Å². The van der Waals surface area contributed by atoms with Crippen LogP contribution in [0, 0.1) is 0 Å². The Labute approximate surface area is 91.3 Å². The van der Waals surface area contributed by atoms with Crippen LogP contribution in [0.25, 0.3) is 0 Å². The van der Waals surface area contributed by atoms with Crippen molar-refractivity contribution in [3.05, 3.63) is 23.8 Å². The number of hydrogen-bond acceptors (Lipinski definition) is 4. The van der Waals surface area contributed by atoms with Crippen LogP contribution in [0.3, 0.4) is 0 Å². The molecular formula is C10H13F2NO3. The van der Waals surface area contributed by atoms with Gasteiger partial charge in [0.25, 0.3) is 5.92 Å². The third-order valence-electron chi connectivity index (χ3n) is 2.22. The van der Waals surface area contributed by atoms with Gasteiger partial charge in [-0.25, -0.2) is 8.78 Å². The normalized spacial score (nSPS) is 13.6. The molecule has 1 aromatic carbocycles. The maximum Gasteiger partial charge on any atom is 0.289 e. The molecule has 0 aliphatic heterocycles. The molecule has 0 aromatic heterocycles. The van der Waals surface area contributed by atoms with Crippen LogP contribution in [0.5, 0.6) is 11.5 Å². The molecule has 1 atom stereocenters. The summed E-state index contributed by atoms with van der Waals surface area (Å²) in [5, 5.41) is 17.7. The first kappa shape index (κ1) is 12.7. The Bertz CT molecular complexity index is 371. The van der Waals surface area contributed by atoms with E-state index < -0.39 is 18.6 Å². The van der Waals surface area contributed by atoms with Gasteiger partial charge in [-0.1, -0.05) is 0 Å². The highest BCUT2D eigenvalue weighted by molar-refractivity contribution is 5.42. The van der Waals surface area contributed by atoms with Crippen molar-refractivity contribution in [3.63, 3.8) is 0 Å². The highest BCUT2D eigenvalue weighted by Crippen LogP contribution is 2.35. The van der Waals surface area contributed by atoms with E-state index in [4.69, 9.17) is 20.7 Å². The van der Waals surface area contributed by atoms with Crippen molar-refractivity contribution in [2.24, 2.45) is 5.73 Å². The highest BCUT2D eigenvalue weighted by atomic mass is 19.3. The van der Waals surface area contributed by atoms with Crippen LogP contribution in [-0.2, 0) is 0 Å². The summed E-state index contributed by atoms with van der Waals surface area (Å²) in [6.45, 7) is -1.35. The van der Waals surface area contributed by atoms with Gasteiger partial charge in [0.05, 0.1) is 7.11 Å². The fraction of sp³-hybridized carbons (Fsp3) is 0.400. The molecule has 4 nitrogen and oxygen atoms in total. The molecule has 0 radical (unpaired) electrons. The molecule has 1 rings (SSSR count). The van der Waals surface area contributed by atoms with Crippen molar-refractivity contribution in [2.45, 2.75) is 12.0 Å². The fourth-order valence-electron chi connectivity index (χ4n) is 1.28. The summed E-state index contributed by atoms with van der Waals surface area (Å²) in [5.41, 5.74) is 5.37. The van der Waals surface area contributed by atoms with Crippen molar-refractivity contribution in [1.29, 1.82) is 0 Å². The minimum Gasteiger partial charge on any atom is -0.508 e. The Morgan fingerprint density at radius 3 is 2.62 bits per heavy atom. The van der Waals surface area contributed by atoms with E-state index in [0.29, 0.717) is 0 Å². The minimum absolute atomic E-state index is 0.0272. The first-order valence-electron chi connectivity index (χ1n) is 4.53. The van der Waals surface area contributed by atoms with Gasteiger partial charge in [-0.3, -0.25) is 0 Å². The molecule has 0 amide bonds. The summed E-state index contributed by atoms with van der Waals surface area (Å²) in [6, 6.07) is 1.96. The second-order valence-corrected chi connectivity index (χ2v) is 3.32. The van der Waals surface area contributed by atoms with Crippen LogP contribution in [0.15, 0.2) is 18.2 Å². The van der Waals surface area contributed by atoms with Gasteiger partial charge in [0.15, 0.2) is 0 Å². The molecule has 0 aliphatic rings. The number of aliphatic hydroxyl groups excluding tert-OH is 1. The van der Waals surface area contributed by atoms with Crippen molar-refractivity contribution in [3.8, 4) is 11.5 Å². The van der Waals surface area contributed by atoms with Crippen LogP contribution in [-0.4, -0.2) is 29.9 Å². The molecule has 90 valence electrons. The van der Waals surface area contributed by atoms with Gasteiger partial charge in [-0.05, 0) is 12.1 Å². The first-order valence-corrected chi connectivity index (χ1v) is 4.53. The van der Waals surface area contributed by atoms with Crippen LogP contribution < -0.4 is 10.5 Å². The lowest BCUT2D eigenvalue weighted by atomic mass is 10.0. The third kappa shape index (κ3) is 2.40. The average molecular weight is 233 g/mol. The van der Waals surface area contributed by atoms with E-state index in [1.54, 1.807) is 0 Å². The summed E-state index contributed by atoms with van der Waals surface area (Å²) >= 11 is 0. The highest BCUT2D eigenvalue weighted by Gasteiger charge is 2.38. The van der Waals surface area contributed by atoms with Gasteiger partial charge in [-0.2, -0.15) is 0 Å². The second-order valence-electron chi connectivity index (χ2n) is 3.32. The van der Waals surface area contributed by atoms with Crippen LogP contribution >= 0.6 is 0 Å². The van der Waals surface area contributed by atoms with Crippen LogP contribution in [0.1, 0.15) is 11.6 Å². The predicted molar refractivity (Wildman–Crippen MR) is 53.6 cm³/mol. The first-order chi connectivity index (χ1) is 7.42. The van der Waals surface area contributed by atoms with Gasteiger partial charge in [-0.15, -0.1) is 0 Å². The van der Waals surface area contributed by atoms with E-state index in [1.807, 2.05) is 0 Å². The van der Waals surface area contributed by atoms with Crippen LogP contribution in [0.4, 0.5) is 8.78 Å². The number of alkyl halides is 2. The van der Waals surface area contributed by atoms with E-state index in [0.717, 1.165) is 0 Å². The van der Waals surface area contributed by atoms with E-state index in [-0.39, 0.29) is 17.1 Å². The minimum atomic E-state index is -3.44. The summed E-state index contributed by atoms with van der Waals surface area (Å²) < 4.78 is 31.1. The molecule has 0 unspecified atom stereocenters. The molecule has 0 spiro atoms. The number of aliphatic hydroxyl groups is 1. The average Bonchev–Trinajstić information content (AvgIpc) is 2.27. The van der Waals surface area contributed by atoms with Gasteiger partial charge < -0.3 is 20.7 Å². The summed E-state index contributed by atoms with van der Waals surface area (Å²) in [7, 11) is 1.28. The lowest BCUT2D eigenvalue weighted by Crippen LogP contribution is -2.36. The Hall–Kier alpha value is -1.40. The maximum absolute atomic E-state index is 13.2. The number of ether oxygens (including phenoxy) is 1. The predicted octanol–water partition coefficient (Wildman–Crippen LogP) is 1.03. The zero-order valence-electron chi connectivity index (χ0n) is 8.65. The van der Waals surface area contributed by atoms with Crippen molar-refractivity contribution >= 4 is 0 Å². The number of aromatic hydroxyl groups is 1. The van der Waals surface area contributed by atoms with E-state index >= 15 is 0 Å². The monoisotopic (exact) mass is 233 g/mol. The van der Waals surface area contributed by atoms with E-state index in [1.165, 1.54) is 25.3 Å². The maximum atomic E-state index is 13.2. The number of benzene rings is 1. The number of rotatable bonds is 4. The van der Waals surface area contributed by atoms with Gasteiger partial charge in [0, 0.05) is 11.6 Å². The zero-order chi connectivity index (χ0) is 12.3. The number of halogens is 2. The molecule has 0 aliphatic carbocycles. The van der Waals surface area contributed by atoms with E-state index in [2.05, 4.69) is 0 Å². The molecule has 0 heterocycles. The van der Waals surface area contributed by atoms with Crippen LogP contribution in [0.2, 0.25) is 0 Å². The lowest BCUT2D eigenvalue weighted by molar-refractivity contribution is -0.0715. The second kappa shape index (κ2) is 4.63. The molecule has 0 saturated heterocycles. The molecule has 16 heavy (non-hydrogen) atoms. The Balaban J connectivity index is 3.13. The number of hydrogen-bond donors (Lipinski definition) is 3. The van der Waals surface area contributed by atoms with Gasteiger partial charge in [0.2, 0.25) is 0 Å². The standard InChI is InChI=1S/C10H13F2NO3/c1-16-8-4-6(15)2-3-7(8)9(13)10(11,12)5-14/h2-4,9,14-15H,5,13H2,1H3/t9-/m1/s1. The van der Waals surface area contributed by atoms with Crippen molar-refractivity contribution in [2.75, 3.05) is 13.7 Å². The number of methoxy groups -OCH3 is 1. The topological polar surface area (TPSA) is 75.7 Å². The molecule has 0 saturated carbocycles. The summed E-state index contributed by atoms with van der Waals surface area (Å²) in [5.74, 6) is -3.50. The molecule has 0 fully saturated rings. The molecular weight excluding hydrogens is 220 g/mol. The Kier molecular flexibility index (Phi) is 3.66. The SMILES string of the molecule is COc1cc(O)ccc1[C@@H](N)C(F)(F)CO. The number of phenolic OH excluding ortho intramolecular Hbond substituents is 1. The number of phenols is 1. The lowest BCUT2D eigenvalue weighted by Gasteiger charge is -2.23. The smallest absolute Gasteiger partial charge is 0.289 e. The number of nitrogens with two attached hydrogens (primary N) is 1. The quantitative estimate of drug-likeness (QED) is 0.726. The molecule has 1 aromatic rings. The zero-order valence-corrected chi connectivity index (χ0v) is 8.65. The molecule has 6 heteroatoms. The van der Waals surface area contributed by atoms with E-state index in [9.17, 15) is 8.78 Å². The van der Waals surface area contributed by atoms with Crippen molar-refractivity contribution in [1.82, 2.24) is 0 Å². The molecule has 4 N–H and O–H groups in total. The third-order valence-corrected chi connectivity index (χ3v) is 2.22. The van der Waals surface area contributed by atoms with Gasteiger partial charge >= 0.3 is 0 Å². The fourth-order valence-corrected chi connectivity index (χ4v) is 1.28.